The van der Waals surface area contributed by atoms with Crippen molar-refractivity contribution in [2.45, 2.75) is 19.3 Å². The molecule has 0 amide bonds. The summed E-state index contributed by atoms with van der Waals surface area (Å²) in [4.78, 5) is 12.3. The predicted molar refractivity (Wildman–Crippen MR) is 72.5 cm³/mol. The molecule has 0 bridgehead atoms. The number of aldehydes is 1. The van der Waals surface area contributed by atoms with Crippen LogP contribution in [-0.2, 0) is 9.53 Å². The molecule has 0 aromatic carbocycles. The molecule has 0 atom stereocenters. The smallest absolute Gasteiger partial charge is 0.120 e. The summed E-state index contributed by atoms with van der Waals surface area (Å²) in [7, 11) is 4.06. The van der Waals surface area contributed by atoms with Crippen LogP contribution in [0.1, 0.15) is 19.3 Å². The Hall–Kier alpha value is -1.11. The highest BCUT2D eigenvalue weighted by molar-refractivity contribution is 5.49. The Balaban J connectivity index is 3.72. The largest absolute Gasteiger partial charge is 0.403 e. The molecule has 0 aromatic heterocycles. The third-order valence-corrected chi connectivity index (χ3v) is 2.43. The number of carbonyl (C=O) groups is 1. The van der Waals surface area contributed by atoms with Crippen LogP contribution in [-0.4, -0.2) is 56.6 Å². The van der Waals surface area contributed by atoms with Gasteiger partial charge >= 0.3 is 0 Å². The summed E-state index contributed by atoms with van der Waals surface area (Å²) in [5.41, 5.74) is 6.24. The molecule has 0 saturated heterocycles. The lowest BCUT2D eigenvalue weighted by Crippen LogP contribution is -2.34. The van der Waals surface area contributed by atoms with Crippen LogP contribution in [0, 0.1) is 0 Å². The van der Waals surface area contributed by atoms with Crippen molar-refractivity contribution in [3.05, 3.63) is 11.9 Å². The number of rotatable bonds is 11. The second-order valence-electron chi connectivity index (χ2n) is 4.37. The number of unbranched alkanes of at least 4 members (excludes halogenated alkanes) is 1. The third kappa shape index (κ3) is 8.98. The molecular weight excluding hydrogens is 232 g/mol. The van der Waals surface area contributed by atoms with Crippen LogP contribution in [0.5, 0.6) is 0 Å². The molecule has 0 radical (unpaired) electrons. The van der Waals surface area contributed by atoms with E-state index in [-0.39, 0.29) is 0 Å². The van der Waals surface area contributed by atoms with Gasteiger partial charge in [0.05, 0.1) is 12.3 Å². The third-order valence-electron chi connectivity index (χ3n) is 2.43. The number of carbonyl (C=O) groups excluding carboxylic acids is 1. The van der Waals surface area contributed by atoms with Gasteiger partial charge in [-0.05, 0) is 33.5 Å². The average molecular weight is 258 g/mol. The van der Waals surface area contributed by atoms with E-state index in [0.29, 0.717) is 26.2 Å². The van der Waals surface area contributed by atoms with Crippen molar-refractivity contribution in [2.75, 3.05) is 40.4 Å². The summed E-state index contributed by atoms with van der Waals surface area (Å²) in [6.45, 7) is 2.68. The monoisotopic (exact) mass is 258 g/mol. The molecule has 0 rings (SSSR count). The second kappa shape index (κ2) is 11.0. The minimum Gasteiger partial charge on any atom is -0.403 e. The van der Waals surface area contributed by atoms with Gasteiger partial charge in [-0.3, -0.25) is 0 Å². The van der Waals surface area contributed by atoms with E-state index in [9.17, 15) is 4.79 Å². The van der Waals surface area contributed by atoms with Crippen molar-refractivity contribution in [1.82, 2.24) is 9.91 Å². The van der Waals surface area contributed by atoms with Crippen molar-refractivity contribution in [2.24, 2.45) is 11.6 Å². The lowest BCUT2D eigenvalue weighted by Gasteiger charge is -2.21. The van der Waals surface area contributed by atoms with Gasteiger partial charge in [0.25, 0.3) is 0 Å². The molecular formula is C12H26N4O2. The standard InChI is InChI=1S/C12H26N4O2/c1-15(2)6-5-9-18-11-12(10-13)16(14)7-3-4-8-17/h8,10H,3-7,9,11,13-14H2,1-2H3/b12-10-. The minimum atomic E-state index is 0.404. The van der Waals surface area contributed by atoms with E-state index in [0.717, 1.165) is 31.4 Å². The maximum atomic E-state index is 10.2. The Labute approximate surface area is 110 Å². The molecule has 6 nitrogen and oxygen atoms in total. The van der Waals surface area contributed by atoms with Crippen LogP contribution in [0.3, 0.4) is 0 Å². The van der Waals surface area contributed by atoms with Crippen molar-refractivity contribution in [3.8, 4) is 0 Å². The summed E-state index contributed by atoms with van der Waals surface area (Å²) in [5.74, 6) is 5.81. The zero-order chi connectivity index (χ0) is 13.8. The number of nitrogens with two attached hydrogens (primary N) is 2. The Morgan fingerprint density at radius 2 is 2.00 bits per heavy atom. The number of hydrogen-bond acceptors (Lipinski definition) is 6. The summed E-state index contributed by atoms with van der Waals surface area (Å²) >= 11 is 0. The van der Waals surface area contributed by atoms with Gasteiger partial charge in [0.1, 0.15) is 6.29 Å². The fourth-order valence-corrected chi connectivity index (χ4v) is 1.37. The molecule has 0 unspecified atom stereocenters. The molecule has 0 spiro atoms. The molecule has 0 aromatic rings. The van der Waals surface area contributed by atoms with E-state index in [2.05, 4.69) is 4.90 Å². The van der Waals surface area contributed by atoms with E-state index in [4.69, 9.17) is 16.3 Å². The molecule has 0 heterocycles. The van der Waals surface area contributed by atoms with Gasteiger partial charge in [-0.25, -0.2) is 5.84 Å². The van der Waals surface area contributed by atoms with Crippen molar-refractivity contribution >= 4 is 6.29 Å². The van der Waals surface area contributed by atoms with Crippen molar-refractivity contribution in [3.63, 3.8) is 0 Å². The molecule has 18 heavy (non-hydrogen) atoms. The van der Waals surface area contributed by atoms with Gasteiger partial charge in [0, 0.05) is 25.8 Å². The second-order valence-corrected chi connectivity index (χ2v) is 4.37. The summed E-state index contributed by atoms with van der Waals surface area (Å²) in [6.07, 6.45) is 4.54. The van der Waals surface area contributed by atoms with Gasteiger partial charge < -0.3 is 25.2 Å². The summed E-state index contributed by atoms with van der Waals surface area (Å²) in [6, 6.07) is 0. The molecule has 0 aliphatic carbocycles. The maximum absolute atomic E-state index is 10.2. The molecule has 4 N–H and O–H groups in total. The fourth-order valence-electron chi connectivity index (χ4n) is 1.37. The number of nitrogens with zero attached hydrogens (tertiary/aromatic N) is 2. The zero-order valence-electron chi connectivity index (χ0n) is 11.5. The highest BCUT2D eigenvalue weighted by Crippen LogP contribution is 2.01. The molecule has 106 valence electrons. The van der Waals surface area contributed by atoms with E-state index in [1.807, 2.05) is 14.1 Å². The van der Waals surface area contributed by atoms with Crippen LogP contribution in [0.4, 0.5) is 0 Å². The van der Waals surface area contributed by atoms with Crippen molar-refractivity contribution in [1.29, 1.82) is 0 Å². The normalized spacial score (nSPS) is 11.9. The van der Waals surface area contributed by atoms with E-state index in [1.165, 1.54) is 11.2 Å². The number of ether oxygens (including phenoxy) is 1. The Bertz CT molecular complexity index is 244. The first-order chi connectivity index (χ1) is 8.61. The Morgan fingerprint density at radius 1 is 1.28 bits per heavy atom. The highest BCUT2D eigenvalue weighted by Gasteiger charge is 2.04. The molecule has 0 aliphatic heterocycles. The number of hydrogen-bond donors (Lipinski definition) is 2. The molecule has 0 saturated carbocycles. The van der Waals surface area contributed by atoms with Gasteiger partial charge in [-0.2, -0.15) is 0 Å². The quantitative estimate of drug-likeness (QED) is 0.233. The fraction of sp³-hybridized carbons (Fsp3) is 0.750. The Kier molecular flexibility index (Phi) is 10.3. The molecule has 0 aliphatic rings. The van der Waals surface area contributed by atoms with Crippen LogP contribution >= 0.6 is 0 Å². The van der Waals surface area contributed by atoms with E-state index >= 15 is 0 Å². The van der Waals surface area contributed by atoms with Crippen LogP contribution < -0.4 is 11.6 Å². The predicted octanol–water partition coefficient (Wildman–Crippen LogP) is -0.0904. The molecule has 6 heteroatoms. The van der Waals surface area contributed by atoms with Crippen LogP contribution in [0.15, 0.2) is 11.9 Å². The van der Waals surface area contributed by atoms with Crippen molar-refractivity contribution < 1.29 is 9.53 Å². The molecule has 0 fully saturated rings. The van der Waals surface area contributed by atoms with Gasteiger partial charge in [-0.15, -0.1) is 0 Å². The first kappa shape index (κ1) is 16.9. The topological polar surface area (TPSA) is 84.8 Å². The van der Waals surface area contributed by atoms with E-state index < -0.39 is 0 Å². The SMILES string of the molecule is CN(C)CCCOC/C(=C/N)N(N)CCCC=O. The van der Waals surface area contributed by atoms with Crippen LogP contribution in [0.2, 0.25) is 0 Å². The Morgan fingerprint density at radius 3 is 2.56 bits per heavy atom. The first-order valence-corrected chi connectivity index (χ1v) is 6.21. The lowest BCUT2D eigenvalue weighted by molar-refractivity contribution is -0.108. The highest BCUT2D eigenvalue weighted by atomic mass is 16.5. The van der Waals surface area contributed by atoms with E-state index in [1.54, 1.807) is 0 Å². The average Bonchev–Trinajstić information content (AvgIpc) is 2.33. The lowest BCUT2D eigenvalue weighted by atomic mass is 10.3. The minimum absolute atomic E-state index is 0.404. The van der Waals surface area contributed by atoms with Gasteiger partial charge in [0.2, 0.25) is 0 Å². The maximum Gasteiger partial charge on any atom is 0.120 e. The van der Waals surface area contributed by atoms with Gasteiger partial charge in [0.15, 0.2) is 0 Å². The first-order valence-electron chi connectivity index (χ1n) is 6.21. The van der Waals surface area contributed by atoms with Crippen LogP contribution in [0.25, 0.3) is 0 Å². The van der Waals surface area contributed by atoms with Gasteiger partial charge in [-0.1, -0.05) is 0 Å². The summed E-state index contributed by atoms with van der Waals surface area (Å²) < 4.78 is 5.50. The zero-order valence-corrected chi connectivity index (χ0v) is 11.5. The number of hydrazine groups is 1. The summed E-state index contributed by atoms with van der Waals surface area (Å²) in [5, 5.41) is 1.54.